The van der Waals surface area contributed by atoms with Crippen molar-refractivity contribution in [3.8, 4) is 11.5 Å². The fourth-order valence-corrected chi connectivity index (χ4v) is 3.03. The van der Waals surface area contributed by atoms with Crippen LogP contribution in [0.1, 0.15) is 5.56 Å². The van der Waals surface area contributed by atoms with Gasteiger partial charge >= 0.3 is 6.18 Å². The number of fused-ring (bicyclic) bond motifs is 1. The third kappa shape index (κ3) is 5.08. The predicted octanol–water partition coefficient (Wildman–Crippen LogP) is 4.07. The van der Waals surface area contributed by atoms with Crippen molar-refractivity contribution < 1.29 is 27.4 Å². The van der Waals surface area contributed by atoms with Crippen LogP contribution in [0.2, 0.25) is 5.02 Å². The summed E-state index contributed by atoms with van der Waals surface area (Å²) in [6.07, 6.45) is -4.92. The van der Waals surface area contributed by atoms with Gasteiger partial charge in [0.25, 0.3) is 0 Å². The topological polar surface area (TPSA) is 50.8 Å². The van der Waals surface area contributed by atoms with Gasteiger partial charge in [-0.2, -0.15) is 13.2 Å². The smallest absolute Gasteiger partial charge is 0.418 e. The zero-order valence-electron chi connectivity index (χ0n) is 14.9. The standard InChI is InChI=1S/C19H18ClF3N2O3/c1-25(9-13-11-27-16-4-2-3-5-17(16)28-13)10-18(26)24-15-7-6-12(20)8-14(15)19(21,22)23/h2-8,13H,9-11H2,1H3,(H,24,26)/t13-/m1/s1. The van der Waals surface area contributed by atoms with Crippen molar-refractivity contribution in [3.05, 3.63) is 53.1 Å². The van der Waals surface area contributed by atoms with Crippen LogP contribution in [0, 0.1) is 0 Å². The van der Waals surface area contributed by atoms with Crippen molar-refractivity contribution in [2.24, 2.45) is 0 Å². The van der Waals surface area contributed by atoms with Crippen molar-refractivity contribution >= 4 is 23.2 Å². The highest BCUT2D eigenvalue weighted by atomic mass is 35.5. The maximum absolute atomic E-state index is 13.1. The van der Waals surface area contributed by atoms with Crippen LogP contribution >= 0.6 is 11.6 Å². The molecule has 0 unspecified atom stereocenters. The van der Waals surface area contributed by atoms with Gasteiger partial charge in [0.2, 0.25) is 5.91 Å². The molecule has 150 valence electrons. The normalized spacial score (nSPS) is 16.1. The third-order valence-electron chi connectivity index (χ3n) is 4.06. The van der Waals surface area contributed by atoms with Gasteiger partial charge in [-0.25, -0.2) is 0 Å². The lowest BCUT2D eigenvalue weighted by molar-refractivity contribution is -0.137. The summed E-state index contributed by atoms with van der Waals surface area (Å²) < 4.78 is 50.8. The van der Waals surface area contributed by atoms with Gasteiger partial charge in [-0.15, -0.1) is 0 Å². The van der Waals surface area contributed by atoms with E-state index in [-0.39, 0.29) is 23.4 Å². The number of nitrogens with zero attached hydrogens (tertiary/aromatic N) is 1. The summed E-state index contributed by atoms with van der Waals surface area (Å²) in [5.74, 6) is 0.696. The maximum Gasteiger partial charge on any atom is 0.418 e. The molecule has 1 aliphatic heterocycles. The Kier molecular flexibility index (Phi) is 6.00. The maximum atomic E-state index is 13.1. The first-order chi connectivity index (χ1) is 13.2. The summed E-state index contributed by atoms with van der Waals surface area (Å²) in [7, 11) is 1.68. The van der Waals surface area contributed by atoms with Crippen LogP contribution in [0.3, 0.4) is 0 Å². The van der Waals surface area contributed by atoms with Crippen molar-refractivity contribution in [2.75, 3.05) is 32.1 Å². The first-order valence-electron chi connectivity index (χ1n) is 8.46. The van der Waals surface area contributed by atoms with Crippen LogP contribution in [-0.2, 0) is 11.0 Å². The lowest BCUT2D eigenvalue weighted by Gasteiger charge is -2.29. The number of carbonyl (C=O) groups excluding carboxylic acids is 1. The molecule has 0 saturated heterocycles. The molecule has 0 saturated carbocycles. The number of nitrogens with one attached hydrogen (secondary N) is 1. The molecule has 28 heavy (non-hydrogen) atoms. The number of carbonyl (C=O) groups is 1. The van der Waals surface area contributed by atoms with Gasteiger partial charge in [-0.1, -0.05) is 23.7 Å². The second kappa shape index (κ2) is 8.28. The molecule has 1 atom stereocenters. The Morgan fingerprint density at radius 1 is 1.25 bits per heavy atom. The number of para-hydroxylation sites is 2. The molecule has 3 rings (SSSR count). The third-order valence-corrected chi connectivity index (χ3v) is 4.29. The molecule has 0 aliphatic carbocycles. The number of benzene rings is 2. The highest BCUT2D eigenvalue weighted by molar-refractivity contribution is 6.30. The number of rotatable bonds is 5. The number of alkyl halides is 3. The SMILES string of the molecule is CN(CC(=O)Nc1ccc(Cl)cc1C(F)(F)F)C[C@@H]1COc2ccccc2O1. The zero-order chi connectivity index (χ0) is 20.3. The van der Waals surface area contributed by atoms with E-state index >= 15 is 0 Å². The van der Waals surface area contributed by atoms with Gasteiger partial charge in [0, 0.05) is 11.6 Å². The van der Waals surface area contributed by atoms with Crippen molar-refractivity contribution in [2.45, 2.75) is 12.3 Å². The zero-order valence-corrected chi connectivity index (χ0v) is 15.7. The first-order valence-corrected chi connectivity index (χ1v) is 8.84. The van der Waals surface area contributed by atoms with Gasteiger partial charge in [0.1, 0.15) is 12.7 Å². The fourth-order valence-electron chi connectivity index (χ4n) is 2.86. The van der Waals surface area contributed by atoms with E-state index in [9.17, 15) is 18.0 Å². The van der Waals surface area contributed by atoms with Gasteiger partial charge in [-0.3, -0.25) is 9.69 Å². The summed E-state index contributed by atoms with van der Waals surface area (Å²) in [5.41, 5.74) is -1.32. The summed E-state index contributed by atoms with van der Waals surface area (Å²) in [6.45, 7) is 0.578. The quantitative estimate of drug-likeness (QED) is 0.801. The number of amides is 1. The van der Waals surface area contributed by atoms with Gasteiger partial charge < -0.3 is 14.8 Å². The average Bonchev–Trinajstić information content (AvgIpc) is 2.62. The molecule has 9 heteroatoms. The summed E-state index contributed by atoms with van der Waals surface area (Å²) in [5, 5.41) is 2.24. The second-order valence-corrected chi connectivity index (χ2v) is 6.87. The summed E-state index contributed by atoms with van der Waals surface area (Å²) in [6, 6.07) is 10.5. The molecular weight excluding hydrogens is 397 g/mol. The Morgan fingerprint density at radius 3 is 2.68 bits per heavy atom. The number of ether oxygens (including phenoxy) is 2. The number of anilines is 1. The lowest BCUT2D eigenvalue weighted by atomic mass is 10.1. The van der Waals surface area contributed by atoms with E-state index in [1.807, 2.05) is 12.1 Å². The Bertz CT molecular complexity index is 861. The van der Waals surface area contributed by atoms with Crippen LogP contribution in [-0.4, -0.2) is 43.7 Å². The van der Waals surface area contributed by atoms with E-state index in [4.69, 9.17) is 21.1 Å². The van der Waals surface area contributed by atoms with E-state index in [1.54, 1.807) is 24.1 Å². The largest absolute Gasteiger partial charge is 0.486 e. The molecule has 1 heterocycles. The van der Waals surface area contributed by atoms with Gasteiger partial charge in [0.05, 0.1) is 17.8 Å². The molecule has 1 N–H and O–H groups in total. The Balaban J connectivity index is 1.57. The van der Waals surface area contributed by atoms with Crippen LogP contribution in [0.15, 0.2) is 42.5 Å². The number of halogens is 4. The van der Waals surface area contributed by atoms with E-state index in [0.717, 1.165) is 12.1 Å². The number of hydrogen-bond donors (Lipinski definition) is 1. The summed E-state index contributed by atoms with van der Waals surface area (Å²) in [4.78, 5) is 13.9. The molecule has 0 radical (unpaired) electrons. The van der Waals surface area contributed by atoms with Gasteiger partial charge in [0.15, 0.2) is 11.5 Å². The number of hydrogen-bond acceptors (Lipinski definition) is 4. The molecule has 1 amide bonds. The fraction of sp³-hybridized carbons (Fsp3) is 0.316. The van der Waals surface area contributed by atoms with E-state index in [2.05, 4.69) is 5.32 Å². The molecule has 0 bridgehead atoms. The molecule has 1 aliphatic rings. The molecule has 2 aromatic rings. The van der Waals surface area contributed by atoms with Crippen molar-refractivity contribution in [3.63, 3.8) is 0 Å². The van der Waals surface area contributed by atoms with Crippen molar-refractivity contribution in [1.29, 1.82) is 0 Å². The molecule has 0 fully saturated rings. The van der Waals surface area contributed by atoms with Crippen LogP contribution in [0.25, 0.3) is 0 Å². The monoisotopic (exact) mass is 414 g/mol. The molecule has 0 spiro atoms. The second-order valence-electron chi connectivity index (χ2n) is 6.43. The van der Waals surface area contributed by atoms with E-state index in [0.29, 0.717) is 24.7 Å². The Labute approximate surface area is 165 Å². The molecule has 0 aromatic heterocycles. The van der Waals surface area contributed by atoms with Crippen LogP contribution in [0.5, 0.6) is 11.5 Å². The highest BCUT2D eigenvalue weighted by Gasteiger charge is 2.34. The number of likely N-dealkylation sites (N-methyl/N-ethyl adjacent to an activating group) is 1. The Morgan fingerprint density at radius 2 is 1.96 bits per heavy atom. The average molecular weight is 415 g/mol. The minimum atomic E-state index is -4.62. The van der Waals surface area contributed by atoms with Crippen LogP contribution in [0.4, 0.5) is 18.9 Å². The Hall–Kier alpha value is -2.45. The minimum Gasteiger partial charge on any atom is -0.486 e. The predicted molar refractivity (Wildman–Crippen MR) is 98.9 cm³/mol. The van der Waals surface area contributed by atoms with E-state index < -0.39 is 17.6 Å². The summed E-state index contributed by atoms with van der Waals surface area (Å²) >= 11 is 5.64. The first kappa shape index (κ1) is 20.3. The lowest BCUT2D eigenvalue weighted by Crippen LogP contribution is -2.42. The van der Waals surface area contributed by atoms with Crippen LogP contribution < -0.4 is 14.8 Å². The molecular formula is C19H18ClF3N2O3. The van der Waals surface area contributed by atoms with Gasteiger partial charge in [-0.05, 0) is 37.4 Å². The molecule has 2 aromatic carbocycles. The van der Waals surface area contributed by atoms with E-state index in [1.165, 1.54) is 6.07 Å². The molecule has 5 nitrogen and oxygen atoms in total. The van der Waals surface area contributed by atoms with Crippen molar-refractivity contribution in [1.82, 2.24) is 4.90 Å². The minimum absolute atomic E-state index is 0.0582. The highest BCUT2D eigenvalue weighted by Crippen LogP contribution is 2.36.